The molecule has 0 bridgehead atoms. The summed E-state index contributed by atoms with van der Waals surface area (Å²) in [5, 5.41) is 0. The van der Waals surface area contributed by atoms with Gasteiger partial charge in [-0.2, -0.15) is 0 Å². The van der Waals surface area contributed by atoms with Crippen molar-refractivity contribution < 1.29 is 0 Å². The molecule has 0 aliphatic rings. The van der Waals surface area contributed by atoms with Gasteiger partial charge in [-0.1, -0.05) is 7.92 Å². The van der Waals surface area contributed by atoms with Crippen LogP contribution in [0.1, 0.15) is 0 Å². The zero-order valence-electron chi connectivity index (χ0n) is 4.18. The van der Waals surface area contributed by atoms with E-state index >= 15 is 0 Å². The van der Waals surface area contributed by atoms with Crippen molar-refractivity contribution >= 4 is 7.92 Å². The summed E-state index contributed by atoms with van der Waals surface area (Å²) in [5.74, 6) is 2.01. The Morgan fingerprint density at radius 3 is 2.00 bits per heavy atom. The second-order valence-electron chi connectivity index (χ2n) is 1.31. The van der Waals surface area contributed by atoms with Gasteiger partial charge in [0.05, 0.1) is 0 Å². The topological polar surface area (TPSA) is 26.0 Å². The van der Waals surface area contributed by atoms with Crippen molar-refractivity contribution in [3.8, 4) is 0 Å². The molecule has 0 spiro atoms. The second-order valence-corrected chi connectivity index (χ2v) is 3.53. The monoisotopic (exact) mass is 103 g/mol. The normalized spacial score (nSPS) is 11.2. The van der Waals surface area contributed by atoms with E-state index < -0.39 is 0 Å². The minimum absolute atomic E-state index is 0.0939. The van der Waals surface area contributed by atoms with Crippen LogP contribution in [-0.4, -0.2) is 13.3 Å². The molecule has 0 aliphatic heterocycles. The highest BCUT2D eigenvalue weighted by Gasteiger charge is 1.75. The van der Waals surface area contributed by atoms with E-state index in [1.807, 2.05) is 5.82 Å². The predicted molar refractivity (Wildman–Crippen MR) is 32.1 cm³/mol. The molecular formula is C4H10NP. The first-order valence-electron chi connectivity index (χ1n) is 1.82. The lowest BCUT2D eigenvalue weighted by molar-refractivity contribution is 1.63. The fourth-order valence-corrected chi connectivity index (χ4v) is 0.516. The van der Waals surface area contributed by atoms with Gasteiger partial charge in [0.25, 0.3) is 0 Å². The van der Waals surface area contributed by atoms with Crippen LogP contribution in [0.25, 0.3) is 0 Å². The first kappa shape index (κ1) is 5.97. The fraction of sp³-hybridized carbons (Fsp3) is 0.500. The van der Waals surface area contributed by atoms with Gasteiger partial charge in [-0.25, -0.2) is 0 Å². The van der Waals surface area contributed by atoms with Crippen molar-refractivity contribution in [2.75, 3.05) is 13.3 Å². The van der Waals surface area contributed by atoms with Gasteiger partial charge >= 0.3 is 0 Å². The smallest absolute Gasteiger partial charge is 0.00577 e. The summed E-state index contributed by atoms with van der Waals surface area (Å²) >= 11 is 0. The highest BCUT2D eigenvalue weighted by Crippen LogP contribution is 2.24. The molecule has 0 heterocycles. The summed E-state index contributed by atoms with van der Waals surface area (Å²) in [6.45, 7) is 4.30. The van der Waals surface area contributed by atoms with Crippen LogP contribution in [0.5, 0.6) is 0 Å². The number of rotatable bonds is 1. The van der Waals surface area contributed by atoms with Gasteiger partial charge in [0.15, 0.2) is 0 Å². The number of nitrogens with two attached hydrogens (primary N) is 1. The van der Waals surface area contributed by atoms with Crippen LogP contribution in [0.15, 0.2) is 12.0 Å². The van der Waals surface area contributed by atoms with Gasteiger partial charge in [-0.15, -0.1) is 0 Å². The zero-order chi connectivity index (χ0) is 4.99. The van der Waals surface area contributed by atoms with Gasteiger partial charge in [0.2, 0.25) is 0 Å². The van der Waals surface area contributed by atoms with Gasteiger partial charge in [-0.05, 0) is 25.3 Å². The Balaban J connectivity index is 3.03. The Morgan fingerprint density at radius 2 is 2.00 bits per heavy atom. The van der Waals surface area contributed by atoms with Crippen molar-refractivity contribution in [1.82, 2.24) is 0 Å². The lowest BCUT2D eigenvalue weighted by Gasteiger charge is -1.88. The van der Waals surface area contributed by atoms with Crippen LogP contribution in [0.3, 0.4) is 0 Å². The first-order chi connectivity index (χ1) is 2.77. The van der Waals surface area contributed by atoms with Crippen LogP contribution in [0.4, 0.5) is 0 Å². The summed E-state index contributed by atoms with van der Waals surface area (Å²) in [5.41, 5.74) is 5.07. The maximum absolute atomic E-state index is 5.07. The third-order valence-corrected chi connectivity index (χ3v) is 1.15. The van der Waals surface area contributed by atoms with Crippen LogP contribution in [0, 0.1) is 0 Å². The Bertz CT molecular complexity index is 49.5. The van der Waals surface area contributed by atoms with Crippen LogP contribution in [0.2, 0.25) is 0 Å². The van der Waals surface area contributed by atoms with E-state index in [4.69, 9.17) is 5.73 Å². The summed E-state index contributed by atoms with van der Waals surface area (Å²) < 4.78 is 0. The molecule has 0 rings (SSSR count). The van der Waals surface area contributed by atoms with Crippen molar-refractivity contribution in [3.63, 3.8) is 0 Å². The molecule has 2 heteroatoms. The van der Waals surface area contributed by atoms with Crippen LogP contribution >= 0.6 is 7.92 Å². The van der Waals surface area contributed by atoms with E-state index in [-0.39, 0.29) is 7.92 Å². The molecule has 0 aliphatic carbocycles. The van der Waals surface area contributed by atoms with E-state index in [1.165, 1.54) is 0 Å². The molecule has 1 nitrogen and oxygen atoms in total. The molecule has 0 fully saturated rings. The first-order valence-corrected chi connectivity index (χ1v) is 4.12. The van der Waals surface area contributed by atoms with Crippen molar-refractivity contribution in [2.24, 2.45) is 5.73 Å². The van der Waals surface area contributed by atoms with Crippen LogP contribution < -0.4 is 5.73 Å². The summed E-state index contributed by atoms with van der Waals surface area (Å²) in [6, 6.07) is 0. The average Bonchev–Trinajstić information content (AvgIpc) is 1.35. The lowest BCUT2D eigenvalue weighted by atomic mass is 11.1. The molecule has 2 N–H and O–H groups in total. The highest BCUT2D eigenvalue weighted by atomic mass is 31.1. The molecule has 0 unspecified atom stereocenters. The molecule has 0 atom stereocenters. The van der Waals surface area contributed by atoms with Gasteiger partial charge < -0.3 is 5.73 Å². The van der Waals surface area contributed by atoms with Crippen molar-refractivity contribution in [1.29, 1.82) is 0 Å². The van der Waals surface area contributed by atoms with Gasteiger partial charge in [0, 0.05) is 0 Å². The summed E-state index contributed by atoms with van der Waals surface area (Å²) in [7, 11) is 0.0939. The zero-order valence-corrected chi connectivity index (χ0v) is 5.07. The SMILES string of the molecule is CP(C)C=CN. The summed E-state index contributed by atoms with van der Waals surface area (Å²) in [4.78, 5) is 0. The number of hydrogen-bond donors (Lipinski definition) is 1. The maximum Gasteiger partial charge on any atom is -0.00577 e. The third-order valence-electron chi connectivity index (χ3n) is 0.384. The molecular weight excluding hydrogens is 93.0 g/mol. The average molecular weight is 103 g/mol. The standard InChI is InChI=1S/C4H10NP/c1-6(2)4-3-5/h3-4H,5H2,1-2H3. The fourth-order valence-electron chi connectivity index (χ4n) is 0.172. The molecule has 36 valence electrons. The minimum Gasteiger partial charge on any atom is -0.405 e. The lowest BCUT2D eigenvalue weighted by Crippen LogP contribution is -1.72. The van der Waals surface area contributed by atoms with E-state index in [0.29, 0.717) is 0 Å². The molecule has 0 amide bonds. The second kappa shape index (κ2) is 3.17. The molecule has 0 radical (unpaired) electrons. The molecule has 0 aromatic carbocycles. The Hall–Kier alpha value is -0.0300. The van der Waals surface area contributed by atoms with Gasteiger partial charge in [0.1, 0.15) is 0 Å². The Kier molecular flexibility index (Phi) is 3.16. The van der Waals surface area contributed by atoms with E-state index in [2.05, 4.69) is 13.3 Å². The van der Waals surface area contributed by atoms with E-state index in [1.54, 1.807) is 6.20 Å². The Morgan fingerprint density at radius 1 is 1.50 bits per heavy atom. The number of hydrogen-bond acceptors (Lipinski definition) is 1. The maximum atomic E-state index is 5.07. The predicted octanol–water partition coefficient (Wildman–Crippen LogP) is 1.16. The van der Waals surface area contributed by atoms with Crippen LogP contribution in [-0.2, 0) is 0 Å². The molecule has 0 saturated carbocycles. The minimum atomic E-state index is 0.0939. The van der Waals surface area contributed by atoms with E-state index in [0.717, 1.165) is 0 Å². The molecule has 0 aromatic heterocycles. The quantitative estimate of drug-likeness (QED) is 0.495. The molecule has 0 saturated heterocycles. The Labute approximate surface area is 40.0 Å². The van der Waals surface area contributed by atoms with Gasteiger partial charge in [-0.3, -0.25) is 0 Å². The van der Waals surface area contributed by atoms with Crippen molar-refractivity contribution in [2.45, 2.75) is 0 Å². The summed E-state index contributed by atoms with van der Waals surface area (Å²) in [6.07, 6.45) is 1.60. The highest BCUT2D eigenvalue weighted by molar-refractivity contribution is 7.59. The molecule has 6 heavy (non-hydrogen) atoms. The van der Waals surface area contributed by atoms with E-state index in [9.17, 15) is 0 Å². The molecule has 0 aromatic rings. The largest absolute Gasteiger partial charge is 0.405 e. The third kappa shape index (κ3) is 3.97. The van der Waals surface area contributed by atoms with Crippen molar-refractivity contribution in [3.05, 3.63) is 12.0 Å².